The molecule has 0 aliphatic heterocycles. The number of nitrogens with one attached hydrogen (secondary N) is 1. The van der Waals surface area contributed by atoms with Gasteiger partial charge in [0.05, 0.1) is 6.04 Å². The number of hydrogen-bond donors (Lipinski definition) is 2. The third kappa shape index (κ3) is 3.76. The first-order valence-corrected chi connectivity index (χ1v) is 6.78. The molecular weight excluding hydrogens is 266 g/mol. The third-order valence-electron chi connectivity index (χ3n) is 2.71. The lowest BCUT2D eigenvalue weighted by atomic mass is 10.1. The van der Waals surface area contributed by atoms with Gasteiger partial charge in [0.15, 0.2) is 11.6 Å². The maximum Gasteiger partial charge on any atom is 0.159 e. The van der Waals surface area contributed by atoms with Crippen molar-refractivity contribution in [2.45, 2.75) is 10.9 Å². The third-order valence-corrected chi connectivity index (χ3v) is 3.81. The average Bonchev–Trinajstić information content (AvgIpc) is 2.44. The highest BCUT2D eigenvalue weighted by Crippen LogP contribution is 2.24. The molecule has 0 saturated heterocycles. The maximum absolute atomic E-state index is 13.2. The summed E-state index contributed by atoms with van der Waals surface area (Å²) in [7, 11) is 0. The van der Waals surface area contributed by atoms with Gasteiger partial charge in [0.25, 0.3) is 0 Å². The number of hydrazine groups is 1. The molecule has 1 unspecified atom stereocenters. The second kappa shape index (κ2) is 6.65. The second-order valence-corrected chi connectivity index (χ2v) is 5.11. The average molecular weight is 280 g/mol. The molecule has 0 heterocycles. The zero-order valence-corrected chi connectivity index (χ0v) is 11.0. The molecule has 1 atom stereocenters. The van der Waals surface area contributed by atoms with E-state index in [2.05, 4.69) is 5.43 Å². The minimum Gasteiger partial charge on any atom is -0.271 e. The van der Waals surface area contributed by atoms with Gasteiger partial charge in [0.2, 0.25) is 0 Å². The molecule has 3 N–H and O–H groups in total. The zero-order valence-electron chi connectivity index (χ0n) is 10.1. The van der Waals surface area contributed by atoms with Gasteiger partial charge in [0, 0.05) is 10.6 Å². The number of rotatable bonds is 5. The molecule has 0 amide bonds. The van der Waals surface area contributed by atoms with E-state index < -0.39 is 11.6 Å². The van der Waals surface area contributed by atoms with Crippen molar-refractivity contribution in [3.05, 3.63) is 65.7 Å². The number of benzene rings is 2. The van der Waals surface area contributed by atoms with Crippen LogP contribution in [0.3, 0.4) is 0 Å². The van der Waals surface area contributed by atoms with E-state index in [0.717, 1.165) is 11.0 Å². The van der Waals surface area contributed by atoms with Gasteiger partial charge < -0.3 is 0 Å². The van der Waals surface area contributed by atoms with Gasteiger partial charge in [-0.1, -0.05) is 24.3 Å². The standard InChI is InChI=1S/C14H14F2N2S/c15-12-7-6-10(8-13(12)16)14(18-17)9-19-11-4-2-1-3-5-11/h1-8,14,18H,9,17H2. The van der Waals surface area contributed by atoms with Crippen molar-refractivity contribution in [3.8, 4) is 0 Å². The monoisotopic (exact) mass is 280 g/mol. The van der Waals surface area contributed by atoms with Crippen LogP contribution in [-0.2, 0) is 0 Å². The molecule has 0 aliphatic rings. The summed E-state index contributed by atoms with van der Waals surface area (Å²) in [5.41, 5.74) is 3.25. The Kier molecular flexibility index (Phi) is 4.90. The van der Waals surface area contributed by atoms with Gasteiger partial charge in [0.1, 0.15) is 0 Å². The fraction of sp³-hybridized carbons (Fsp3) is 0.143. The molecule has 0 spiro atoms. The van der Waals surface area contributed by atoms with Crippen molar-refractivity contribution in [3.63, 3.8) is 0 Å². The summed E-state index contributed by atoms with van der Waals surface area (Å²) in [4.78, 5) is 1.10. The van der Waals surface area contributed by atoms with Gasteiger partial charge >= 0.3 is 0 Å². The lowest BCUT2D eigenvalue weighted by molar-refractivity contribution is 0.502. The van der Waals surface area contributed by atoms with Crippen LogP contribution in [0, 0.1) is 11.6 Å². The van der Waals surface area contributed by atoms with Gasteiger partial charge in [-0.05, 0) is 29.8 Å². The normalized spacial score (nSPS) is 12.4. The topological polar surface area (TPSA) is 38.0 Å². The summed E-state index contributed by atoms with van der Waals surface area (Å²) >= 11 is 1.60. The molecule has 2 aromatic carbocycles. The van der Waals surface area contributed by atoms with E-state index in [0.29, 0.717) is 11.3 Å². The van der Waals surface area contributed by atoms with E-state index in [1.807, 2.05) is 30.3 Å². The lowest BCUT2D eigenvalue weighted by Gasteiger charge is -2.16. The maximum atomic E-state index is 13.2. The summed E-state index contributed by atoms with van der Waals surface area (Å²) in [6.07, 6.45) is 0. The van der Waals surface area contributed by atoms with Gasteiger partial charge in [-0.3, -0.25) is 11.3 Å². The van der Waals surface area contributed by atoms with Crippen molar-refractivity contribution in [2.75, 3.05) is 5.75 Å². The lowest BCUT2D eigenvalue weighted by Crippen LogP contribution is -2.29. The highest BCUT2D eigenvalue weighted by atomic mass is 32.2. The van der Waals surface area contributed by atoms with Crippen LogP contribution in [0.4, 0.5) is 8.78 Å². The predicted octanol–water partition coefficient (Wildman–Crippen LogP) is 3.26. The summed E-state index contributed by atoms with van der Waals surface area (Å²) in [5.74, 6) is 4.40. The van der Waals surface area contributed by atoms with Crippen LogP contribution < -0.4 is 11.3 Å². The Morgan fingerprint density at radius 3 is 2.42 bits per heavy atom. The molecule has 0 fully saturated rings. The Labute approximate surface area is 115 Å². The largest absolute Gasteiger partial charge is 0.271 e. The Bertz CT molecular complexity index is 534. The van der Waals surface area contributed by atoms with Crippen LogP contribution in [0.25, 0.3) is 0 Å². The summed E-state index contributed by atoms with van der Waals surface area (Å²) in [5, 5.41) is 0. The highest BCUT2D eigenvalue weighted by molar-refractivity contribution is 7.99. The van der Waals surface area contributed by atoms with E-state index >= 15 is 0 Å². The summed E-state index contributed by atoms with van der Waals surface area (Å²) in [6, 6.07) is 13.4. The van der Waals surface area contributed by atoms with Crippen molar-refractivity contribution >= 4 is 11.8 Å². The van der Waals surface area contributed by atoms with Crippen LogP contribution in [0.15, 0.2) is 53.4 Å². The number of hydrogen-bond acceptors (Lipinski definition) is 3. The number of thioether (sulfide) groups is 1. The molecule has 0 saturated carbocycles. The van der Waals surface area contributed by atoms with Gasteiger partial charge in [-0.25, -0.2) is 8.78 Å². The van der Waals surface area contributed by atoms with Crippen LogP contribution in [0.1, 0.15) is 11.6 Å². The molecule has 2 rings (SSSR count). The van der Waals surface area contributed by atoms with Crippen molar-refractivity contribution < 1.29 is 8.78 Å². The van der Waals surface area contributed by atoms with E-state index in [1.165, 1.54) is 12.1 Å². The Morgan fingerprint density at radius 1 is 1.05 bits per heavy atom. The van der Waals surface area contributed by atoms with Crippen LogP contribution in [-0.4, -0.2) is 5.75 Å². The molecule has 0 aliphatic carbocycles. The number of nitrogens with two attached hydrogens (primary N) is 1. The van der Waals surface area contributed by atoms with Crippen molar-refractivity contribution in [2.24, 2.45) is 5.84 Å². The molecular formula is C14H14F2N2S. The fourth-order valence-corrected chi connectivity index (χ4v) is 2.66. The summed E-state index contributed by atoms with van der Waals surface area (Å²) < 4.78 is 26.1. The minimum absolute atomic E-state index is 0.236. The van der Waals surface area contributed by atoms with Crippen LogP contribution in [0.5, 0.6) is 0 Å². The Balaban J connectivity index is 2.05. The van der Waals surface area contributed by atoms with E-state index in [4.69, 9.17) is 5.84 Å². The number of halogens is 2. The predicted molar refractivity (Wildman–Crippen MR) is 73.6 cm³/mol. The van der Waals surface area contributed by atoms with E-state index in [9.17, 15) is 8.78 Å². The molecule has 0 bridgehead atoms. The fourth-order valence-electron chi connectivity index (χ4n) is 1.67. The van der Waals surface area contributed by atoms with Crippen LogP contribution in [0.2, 0.25) is 0 Å². The first kappa shape index (κ1) is 14.0. The first-order chi connectivity index (χ1) is 9.20. The highest BCUT2D eigenvalue weighted by Gasteiger charge is 2.12. The molecule has 2 aromatic rings. The molecule has 2 nitrogen and oxygen atoms in total. The molecule has 5 heteroatoms. The first-order valence-electron chi connectivity index (χ1n) is 5.79. The van der Waals surface area contributed by atoms with Gasteiger partial charge in [-0.2, -0.15) is 0 Å². The van der Waals surface area contributed by atoms with E-state index in [1.54, 1.807) is 11.8 Å². The van der Waals surface area contributed by atoms with Crippen LogP contribution >= 0.6 is 11.8 Å². The Morgan fingerprint density at radius 2 is 1.79 bits per heavy atom. The van der Waals surface area contributed by atoms with E-state index in [-0.39, 0.29) is 6.04 Å². The molecule has 100 valence electrons. The minimum atomic E-state index is -0.859. The Hall–Kier alpha value is -1.43. The van der Waals surface area contributed by atoms with Gasteiger partial charge in [-0.15, -0.1) is 11.8 Å². The second-order valence-electron chi connectivity index (χ2n) is 4.02. The van der Waals surface area contributed by atoms with Crippen molar-refractivity contribution in [1.82, 2.24) is 5.43 Å². The SMILES string of the molecule is NNC(CSc1ccccc1)c1ccc(F)c(F)c1. The zero-order chi connectivity index (χ0) is 13.7. The quantitative estimate of drug-likeness (QED) is 0.501. The molecule has 0 aromatic heterocycles. The molecule has 0 radical (unpaired) electrons. The van der Waals surface area contributed by atoms with Crippen molar-refractivity contribution in [1.29, 1.82) is 0 Å². The molecule has 19 heavy (non-hydrogen) atoms. The smallest absolute Gasteiger partial charge is 0.159 e. The summed E-state index contributed by atoms with van der Waals surface area (Å²) in [6.45, 7) is 0.